The van der Waals surface area contributed by atoms with Gasteiger partial charge in [0.25, 0.3) is 0 Å². The Morgan fingerprint density at radius 2 is 2.08 bits per heavy atom. The van der Waals surface area contributed by atoms with Gasteiger partial charge in [-0.25, -0.2) is 0 Å². The second-order valence-corrected chi connectivity index (χ2v) is 5.11. The molecular weight excluding hydrogens is 146 g/mol. The molecule has 0 spiro atoms. The number of piperidine rings is 1. The summed E-state index contributed by atoms with van der Waals surface area (Å²) in [6, 6.07) is 0.998. The number of hydrogen-bond donors (Lipinski definition) is 0. The fourth-order valence-corrected chi connectivity index (χ4v) is 4.02. The van der Waals surface area contributed by atoms with Gasteiger partial charge in [-0.1, -0.05) is 6.92 Å². The Kier molecular flexibility index (Phi) is 1.52. The van der Waals surface area contributed by atoms with Crippen molar-refractivity contribution in [1.82, 2.24) is 4.90 Å². The van der Waals surface area contributed by atoms with E-state index in [0.717, 1.165) is 23.8 Å². The number of fused-ring (bicyclic) bond motifs is 5. The zero-order valence-electron chi connectivity index (χ0n) is 8.00. The highest BCUT2D eigenvalue weighted by atomic mass is 15.2. The molecule has 0 radical (unpaired) electrons. The van der Waals surface area contributed by atoms with Gasteiger partial charge in [0.15, 0.2) is 0 Å². The quantitative estimate of drug-likeness (QED) is 0.531. The van der Waals surface area contributed by atoms with Gasteiger partial charge in [-0.3, -0.25) is 4.90 Å². The molecular formula is C11H19N. The van der Waals surface area contributed by atoms with Gasteiger partial charge in [-0.2, -0.15) is 0 Å². The summed E-state index contributed by atoms with van der Waals surface area (Å²) in [6.45, 7) is 5.31. The summed E-state index contributed by atoms with van der Waals surface area (Å²) in [5, 5.41) is 0. The maximum absolute atomic E-state index is 2.79. The topological polar surface area (TPSA) is 3.24 Å². The molecule has 2 saturated heterocycles. The van der Waals surface area contributed by atoms with E-state index < -0.39 is 0 Å². The van der Waals surface area contributed by atoms with Crippen molar-refractivity contribution in [3.05, 3.63) is 0 Å². The van der Waals surface area contributed by atoms with E-state index >= 15 is 0 Å². The van der Waals surface area contributed by atoms with Crippen LogP contribution in [0.15, 0.2) is 0 Å². The lowest BCUT2D eigenvalue weighted by atomic mass is 9.88. The Balaban J connectivity index is 1.89. The maximum Gasteiger partial charge on any atom is 0.0152 e. The van der Waals surface area contributed by atoms with Crippen LogP contribution in [0.2, 0.25) is 0 Å². The van der Waals surface area contributed by atoms with Crippen LogP contribution in [0.25, 0.3) is 0 Å². The van der Waals surface area contributed by atoms with Crippen molar-refractivity contribution in [2.24, 2.45) is 17.8 Å². The van der Waals surface area contributed by atoms with Gasteiger partial charge < -0.3 is 0 Å². The van der Waals surface area contributed by atoms with E-state index in [1.165, 1.54) is 38.8 Å². The van der Waals surface area contributed by atoms with Crippen molar-refractivity contribution in [1.29, 1.82) is 0 Å². The third-order valence-corrected chi connectivity index (χ3v) is 4.49. The van der Waals surface area contributed by atoms with Crippen molar-refractivity contribution in [2.75, 3.05) is 13.1 Å². The van der Waals surface area contributed by atoms with Gasteiger partial charge >= 0.3 is 0 Å². The van der Waals surface area contributed by atoms with Gasteiger partial charge in [0.05, 0.1) is 0 Å². The molecule has 0 aromatic rings. The first-order chi connectivity index (χ1) is 5.86. The lowest BCUT2D eigenvalue weighted by Crippen LogP contribution is -2.35. The fraction of sp³-hybridized carbons (Fsp3) is 1.00. The molecule has 5 atom stereocenters. The number of rotatable bonds is 0. The van der Waals surface area contributed by atoms with Crippen LogP contribution in [0.5, 0.6) is 0 Å². The van der Waals surface area contributed by atoms with Crippen LogP contribution in [0.4, 0.5) is 0 Å². The Morgan fingerprint density at radius 3 is 3.00 bits per heavy atom. The van der Waals surface area contributed by atoms with E-state index in [-0.39, 0.29) is 0 Å². The van der Waals surface area contributed by atoms with Gasteiger partial charge in [0.2, 0.25) is 0 Å². The van der Waals surface area contributed by atoms with Crippen LogP contribution in [0.3, 0.4) is 0 Å². The maximum atomic E-state index is 2.79. The van der Waals surface area contributed by atoms with Gasteiger partial charge in [-0.05, 0) is 50.0 Å². The molecule has 0 aromatic carbocycles. The van der Waals surface area contributed by atoms with Gasteiger partial charge in [0, 0.05) is 12.6 Å². The van der Waals surface area contributed by atoms with Gasteiger partial charge in [-0.15, -0.1) is 0 Å². The molecule has 68 valence electrons. The molecule has 12 heavy (non-hydrogen) atoms. The van der Waals surface area contributed by atoms with E-state index in [1.54, 1.807) is 0 Å². The highest BCUT2D eigenvalue weighted by Gasteiger charge is 2.48. The molecule has 2 bridgehead atoms. The molecule has 0 aromatic heterocycles. The van der Waals surface area contributed by atoms with E-state index in [2.05, 4.69) is 11.8 Å². The zero-order chi connectivity index (χ0) is 8.13. The average molecular weight is 165 g/mol. The molecule has 1 aliphatic carbocycles. The predicted molar refractivity (Wildman–Crippen MR) is 50.0 cm³/mol. The molecule has 0 N–H and O–H groups in total. The van der Waals surface area contributed by atoms with Crippen LogP contribution < -0.4 is 0 Å². The summed E-state index contributed by atoms with van der Waals surface area (Å²) in [5.74, 6) is 3.19. The zero-order valence-corrected chi connectivity index (χ0v) is 8.00. The van der Waals surface area contributed by atoms with Crippen molar-refractivity contribution < 1.29 is 0 Å². The van der Waals surface area contributed by atoms with Crippen LogP contribution in [-0.2, 0) is 0 Å². The summed E-state index contributed by atoms with van der Waals surface area (Å²) in [5.41, 5.74) is 0. The average Bonchev–Trinajstić information content (AvgIpc) is 2.57. The van der Waals surface area contributed by atoms with Crippen molar-refractivity contribution in [3.8, 4) is 0 Å². The molecule has 0 amide bonds. The molecule has 3 rings (SSSR count). The first-order valence-electron chi connectivity index (χ1n) is 5.60. The van der Waals surface area contributed by atoms with Crippen molar-refractivity contribution in [2.45, 2.75) is 38.6 Å². The predicted octanol–water partition coefficient (Wildman–Crippen LogP) is 2.13. The van der Waals surface area contributed by atoms with Gasteiger partial charge in [0.1, 0.15) is 0 Å². The van der Waals surface area contributed by atoms with Crippen LogP contribution in [0.1, 0.15) is 32.6 Å². The molecule has 3 aliphatic rings. The summed E-state index contributed by atoms with van der Waals surface area (Å²) in [4.78, 5) is 2.79. The highest BCUT2D eigenvalue weighted by molar-refractivity contribution is 5.01. The monoisotopic (exact) mass is 165 g/mol. The normalized spacial score (nSPS) is 57.2. The largest absolute Gasteiger partial charge is 0.300 e. The number of hydrogen-bond acceptors (Lipinski definition) is 1. The van der Waals surface area contributed by atoms with Crippen LogP contribution >= 0.6 is 0 Å². The summed E-state index contributed by atoms with van der Waals surface area (Å²) < 4.78 is 0. The minimum atomic E-state index is 0.998. The Bertz CT molecular complexity index is 189. The minimum Gasteiger partial charge on any atom is -0.300 e. The minimum absolute atomic E-state index is 0.998. The SMILES string of the molecule is CC1CCC2C3CCCN(C3)C12. The second kappa shape index (κ2) is 2.47. The molecule has 1 saturated carbocycles. The summed E-state index contributed by atoms with van der Waals surface area (Å²) in [7, 11) is 0. The number of nitrogens with zero attached hydrogens (tertiary/aromatic N) is 1. The smallest absolute Gasteiger partial charge is 0.0152 e. The van der Waals surface area contributed by atoms with E-state index in [9.17, 15) is 0 Å². The molecule has 2 heterocycles. The molecule has 3 fully saturated rings. The van der Waals surface area contributed by atoms with E-state index in [0.29, 0.717) is 0 Å². The van der Waals surface area contributed by atoms with E-state index in [4.69, 9.17) is 0 Å². The Hall–Kier alpha value is -0.0400. The Morgan fingerprint density at radius 1 is 1.17 bits per heavy atom. The first kappa shape index (κ1) is 7.37. The third kappa shape index (κ3) is 0.834. The summed E-state index contributed by atoms with van der Waals surface area (Å²) >= 11 is 0. The van der Waals surface area contributed by atoms with Crippen molar-refractivity contribution >= 4 is 0 Å². The van der Waals surface area contributed by atoms with Crippen molar-refractivity contribution in [3.63, 3.8) is 0 Å². The Labute approximate surface area is 75.1 Å². The van der Waals surface area contributed by atoms with Crippen LogP contribution in [-0.4, -0.2) is 24.0 Å². The third-order valence-electron chi connectivity index (χ3n) is 4.49. The lowest BCUT2D eigenvalue weighted by molar-refractivity contribution is 0.187. The first-order valence-corrected chi connectivity index (χ1v) is 5.60. The van der Waals surface area contributed by atoms with E-state index in [1.807, 2.05) is 0 Å². The molecule has 1 heteroatoms. The molecule has 5 unspecified atom stereocenters. The molecule has 2 aliphatic heterocycles. The fourth-order valence-electron chi connectivity index (χ4n) is 4.02. The highest BCUT2D eigenvalue weighted by Crippen LogP contribution is 2.48. The molecule has 1 nitrogen and oxygen atoms in total. The summed E-state index contributed by atoms with van der Waals surface area (Å²) in [6.07, 6.45) is 6.05. The standard InChI is InChI=1S/C11H19N/c1-8-4-5-10-9-3-2-6-12(7-9)11(8)10/h8-11H,2-7H2,1H3. The lowest BCUT2D eigenvalue weighted by Gasteiger charge is -2.28. The second-order valence-electron chi connectivity index (χ2n) is 5.11. The van der Waals surface area contributed by atoms with Crippen LogP contribution in [0, 0.1) is 17.8 Å².